The van der Waals surface area contributed by atoms with Crippen molar-refractivity contribution in [2.24, 2.45) is 4.63 Å². The van der Waals surface area contributed by atoms with Gasteiger partial charge in [0.25, 0.3) is 0 Å². The van der Waals surface area contributed by atoms with Gasteiger partial charge in [-0.25, -0.2) is 0 Å². The molecule has 0 aliphatic rings. The fourth-order valence-electron chi connectivity index (χ4n) is 0.741. The molecule has 5 heteroatoms. The van der Waals surface area contributed by atoms with E-state index in [9.17, 15) is 0 Å². The average molecular weight is 206 g/mol. The van der Waals surface area contributed by atoms with Crippen molar-refractivity contribution in [2.75, 3.05) is 7.05 Å². The van der Waals surface area contributed by atoms with Gasteiger partial charge < -0.3 is 5.11 Å². The van der Waals surface area contributed by atoms with Gasteiger partial charge in [-0.05, 0) is 6.07 Å². The van der Waals surface area contributed by atoms with Crippen molar-refractivity contribution in [1.29, 1.82) is 0 Å². The molecular formula is C7H7Cl2N2O+. The third kappa shape index (κ3) is 1.87. The van der Waals surface area contributed by atoms with Crippen LogP contribution in [-0.2, 0) is 0 Å². The Hall–Kier alpha value is -0.800. The number of halogens is 2. The molecule has 1 N–H and O–H groups in total. The lowest BCUT2D eigenvalue weighted by Crippen LogP contribution is -1.90. The molecule has 0 atom stereocenters. The van der Waals surface area contributed by atoms with Crippen molar-refractivity contribution in [1.82, 2.24) is 0 Å². The molecule has 0 amide bonds. The quantitative estimate of drug-likeness (QED) is 0.556. The molecule has 0 bridgehead atoms. The second-order valence-corrected chi connectivity index (χ2v) is 2.79. The van der Waals surface area contributed by atoms with Gasteiger partial charge >= 0.3 is 0 Å². The molecule has 3 nitrogen and oxygen atoms in total. The summed E-state index contributed by atoms with van der Waals surface area (Å²) >= 11 is 10.9. The first-order valence-corrected chi connectivity index (χ1v) is 3.91. The molecule has 1 rings (SSSR count). The van der Waals surface area contributed by atoms with Gasteiger partial charge in [0, 0.05) is 12.1 Å². The van der Waals surface area contributed by atoms with E-state index >= 15 is 0 Å². The van der Waals surface area contributed by atoms with Crippen LogP contribution in [0.5, 0.6) is 5.75 Å². The van der Waals surface area contributed by atoms with E-state index < -0.39 is 0 Å². The third-order valence-electron chi connectivity index (χ3n) is 1.42. The van der Waals surface area contributed by atoms with Gasteiger partial charge in [0.05, 0.1) is 9.66 Å². The number of benzene rings is 1. The van der Waals surface area contributed by atoms with Crippen molar-refractivity contribution in [2.45, 2.75) is 0 Å². The van der Waals surface area contributed by atoms with Gasteiger partial charge in [0.1, 0.15) is 17.5 Å². The van der Waals surface area contributed by atoms with E-state index in [0.717, 1.165) is 0 Å². The molecule has 1 aromatic carbocycles. The van der Waals surface area contributed by atoms with Gasteiger partial charge in [-0.1, -0.05) is 16.3 Å². The number of rotatable bonds is 1. The summed E-state index contributed by atoms with van der Waals surface area (Å²) in [7, 11) is 1.68. The van der Waals surface area contributed by atoms with Crippen LogP contribution in [0, 0.1) is 0 Å². The maximum Gasteiger partial charge on any atom is 0.234 e. The Morgan fingerprint density at radius 2 is 2.17 bits per heavy atom. The van der Waals surface area contributed by atoms with Crippen molar-refractivity contribution < 1.29 is 9.80 Å². The molecule has 0 aliphatic carbocycles. The molecule has 0 unspecified atom stereocenters. The van der Waals surface area contributed by atoms with Crippen LogP contribution in [0.15, 0.2) is 22.8 Å². The zero-order chi connectivity index (χ0) is 9.14. The summed E-state index contributed by atoms with van der Waals surface area (Å²) < 4.78 is 4.83. The predicted molar refractivity (Wildman–Crippen MR) is 47.2 cm³/mol. The average Bonchev–Trinajstić information content (AvgIpc) is 2.08. The van der Waals surface area contributed by atoms with E-state index in [0.29, 0.717) is 5.69 Å². The molecule has 0 aromatic heterocycles. The first-order chi connectivity index (χ1) is 5.65. The monoisotopic (exact) mass is 205 g/mol. The SMILES string of the molecule is C/[N+](=N\Cl)c1ccc(O)c(Cl)c1. The summed E-state index contributed by atoms with van der Waals surface area (Å²) in [5, 5.41) is 9.36. The van der Waals surface area contributed by atoms with Crippen molar-refractivity contribution >= 4 is 29.1 Å². The normalized spacial score (nSPS) is 11.8. The Morgan fingerprint density at radius 1 is 1.50 bits per heavy atom. The van der Waals surface area contributed by atoms with Crippen LogP contribution < -0.4 is 0 Å². The summed E-state index contributed by atoms with van der Waals surface area (Å²) in [6, 6.07) is 4.71. The van der Waals surface area contributed by atoms with Gasteiger partial charge in [0.2, 0.25) is 5.69 Å². The zero-order valence-corrected chi connectivity index (χ0v) is 7.84. The molecule has 0 radical (unpaired) electrons. The highest BCUT2D eigenvalue weighted by Crippen LogP contribution is 2.27. The van der Waals surface area contributed by atoms with Gasteiger partial charge in [0.15, 0.2) is 7.05 Å². The molecule has 0 saturated carbocycles. The van der Waals surface area contributed by atoms with Crippen molar-refractivity contribution in [3.8, 4) is 5.75 Å². The lowest BCUT2D eigenvalue weighted by atomic mass is 10.3. The number of aromatic hydroxyl groups is 1. The molecule has 0 aliphatic heterocycles. The molecule has 0 heterocycles. The minimum absolute atomic E-state index is 0.0448. The topological polar surface area (TPSA) is 35.6 Å². The summed E-state index contributed by atoms with van der Waals surface area (Å²) in [5.74, 6) is 0.0448. The molecule has 1 aromatic rings. The fraction of sp³-hybridized carbons (Fsp3) is 0.143. The van der Waals surface area contributed by atoms with Crippen LogP contribution in [-0.4, -0.2) is 16.9 Å². The smallest absolute Gasteiger partial charge is 0.234 e. The third-order valence-corrected chi connectivity index (χ3v) is 1.95. The minimum atomic E-state index is 0.0448. The highest BCUT2D eigenvalue weighted by atomic mass is 35.5. The zero-order valence-electron chi connectivity index (χ0n) is 6.33. The van der Waals surface area contributed by atoms with Gasteiger partial charge in [-0.2, -0.15) is 0 Å². The summed E-state index contributed by atoms with van der Waals surface area (Å²) in [5.41, 5.74) is 0.716. The van der Waals surface area contributed by atoms with Crippen LogP contribution in [0.1, 0.15) is 0 Å². The van der Waals surface area contributed by atoms with Crippen LogP contribution >= 0.6 is 23.4 Å². The van der Waals surface area contributed by atoms with E-state index in [2.05, 4.69) is 4.63 Å². The molecule has 0 fully saturated rings. The molecule has 12 heavy (non-hydrogen) atoms. The number of hydrogen-bond acceptors (Lipinski definition) is 2. The lowest BCUT2D eigenvalue weighted by molar-refractivity contribution is -0.471. The molecular weight excluding hydrogens is 199 g/mol. The second-order valence-electron chi connectivity index (χ2n) is 2.23. The Bertz CT molecular complexity index is 325. The number of nitrogens with zero attached hydrogens (tertiary/aromatic N) is 2. The Morgan fingerprint density at radius 3 is 2.67 bits per heavy atom. The van der Waals surface area contributed by atoms with E-state index in [1.165, 1.54) is 10.8 Å². The molecule has 64 valence electrons. The summed E-state index contributed by atoms with van der Waals surface area (Å²) in [6.45, 7) is 0. The van der Waals surface area contributed by atoms with E-state index in [1.54, 1.807) is 19.2 Å². The van der Waals surface area contributed by atoms with Gasteiger partial charge in [-0.3, -0.25) is 0 Å². The van der Waals surface area contributed by atoms with Crippen LogP contribution in [0.25, 0.3) is 0 Å². The highest BCUT2D eigenvalue weighted by molar-refractivity contribution is 6.32. The highest BCUT2D eigenvalue weighted by Gasteiger charge is 2.07. The Kier molecular flexibility index (Phi) is 2.89. The van der Waals surface area contributed by atoms with Crippen LogP contribution in [0.2, 0.25) is 5.02 Å². The number of hydrogen-bond donors (Lipinski definition) is 1. The maximum atomic E-state index is 9.08. The predicted octanol–water partition coefficient (Wildman–Crippen LogP) is 2.93. The standard InChI is InChI=1S/C7H6Cl2N2O/c1-11(10-9)5-2-3-7(12)6(8)4-5/h2-4H,1H3/p+1. The first kappa shape index (κ1) is 9.29. The van der Waals surface area contributed by atoms with Crippen molar-refractivity contribution in [3.05, 3.63) is 23.2 Å². The maximum absolute atomic E-state index is 9.08. The fourth-order valence-corrected chi connectivity index (χ4v) is 1.00. The Labute approximate surface area is 80.0 Å². The van der Waals surface area contributed by atoms with E-state index in [-0.39, 0.29) is 10.8 Å². The van der Waals surface area contributed by atoms with E-state index in [4.69, 9.17) is 28.5 Å². The van der Waals surface area contributed by atoms with Crippen LogP contribution in [0.3, 0.4) is 0 Å². The molecule has 0 spiro atoms. The summed E-state index contributed by atoms with van der Waals surface area (Å²) in [4.78, 5) is 0. The van der Waals surface area contributed by atoms with Crippen LogP contribution in [0.4, 0.5) is 5.69 Å². The second kappa shape index (κ2) is 3.74. The van der Waals surface area contributed by atoms with Crippen molar-refractivity contribution in [3.63, 3.8) is 0 Å². The molecule has 0 saturated heterocycles. The lowest BCUT2D eigenvalue weighted by Gasteiger charge is -1.95. The number of phenolic OH excluding ortho intramolecular Hbond substituents is 1. The van der Waals surface area contributed by atoms with E-state index in [1.807, 2.05) is 0 Å². The summed E-state index contributed by atoms with van der Waals surface area (Å²) in [6.07, 6.45) is 0. The van der Waals surface area contributed by atoms with Gasteiger partial charge in [-0.15, -0.1) is 0 Å². The Balaban J connectivity index is 3.13. The first-order valence-electron chi connectivity index (χ1n) is 3.19. The largest absolute Gasteiger partial charge is 0.506 e. The minimum Gasteiger partial charge on any atom is -0.506 e. The number of phenols is 1.